The third-order valence-electron chi connectivity index (χ3n) is 3.49. The molecule has 0 spiro atoms. The lowest BCUT2D eigenvalue weighted by Crippen LogP contribution is -2.49. The van der Waals surface area contributed by atoms with E-state index in [4.69, 9.17) is 4.74 Å². The summed E-state index contributed by atoms with van der Waals surface area (Å²) in [4.78, 5) is 24.0. The Kier molecular flexibility index (Phi) is 4.46. The van der Waals surface area contributed by atoms with Gasteiger partial charge in [-0.05, 0) is 36.8 Å². The Morgan fingerprint density at radius 3 is 2.14 bits per heavy atom. The van der Waals surface area contributed by atoms with Gasteiger partial charge < -0.3 is 15.2 Å². The second kappa shape index (κ2) is 6.30. The van der Waals surface area contributed by atoms with Crippen molar-refractivity contribution in [3.05, 3.63) is 65.7 Å². The zero-order chi connectivity index (χ0) is 16.2. The summed E-state index contributed by atoms with van der Waals surface area (Å²) in [5, 5.41) is 12.1. The number of rotatable bonds is 5. The minimum Gasteiger partial charge on any atom is -0.497 e. The molecule has 0 aromatic heterocycles. The van der Waals surface area contributed by atoms with Crippen molar-refractivity contribution in [2.24, 2.45) is 0 Å². The summed E-state index contributed by atoms with van der Waals surface area (Å²) in [7, 11) is 1.53. The van der Waals surface area contributed by atoms with Crippen LogP contribution in [0.5, 0.6) is 5.75 Å². The van der Waals surface area contributed by atoms with Gasteiger partial charge in [0.1, 0.15) is 5.75 Å². The number of carboxylic acid groups (broad SMARTS) is 1. The van der Waals surface area contributed by atoms with E-state index >= 15 is 0 Å². The Morgan fingerprint density at radius 1 is 1.05 bits per heavy atom. The van der Waals surface area contributed by atoms with Gasteiger partial charge >= 0.3 is 5.97 Å². The number of hydrogen-bond donors (Lipinski definition) is 2. The van der Waals surface area contributed by atoms with E-state index < -0.39 is 17.4 Å². The first-order valence-electron chi connectivity index (χ1n) is 6.73. The number of amides is 1. The maximum Gasteiger partial charge on any atom is 0.333 e. The first-order chi connectivity index (χ1) is 10.5. The molecule has 1 atom stereocenters. The molecule has 1 amide bonds. The Hall–Kier alpha value is -2.82. The van der Waals surface area contributed by atoms with Gasteiger partial charge in [-0.2, -0.15) is 0 Å². The largest absolute Gasteiger partial charge is 0.497 e. The zero-order valence-corrected chi connectivity index (χ0v) is 12.4. The highest BCUT2D eigenvalue weighted by Crippen LogP contribution is 2.22. The van der Waals surface area contributed by atoms with Crippen LogP contribution in [0.1, 0.15) is 22.8 Å². The third-order valence-corrected chi connectivity index (χ3v) is 3.49. The van der Waals surface area contributed by atoms with Gasteiger partial charge in [0.25, 0.3) is 5.91 Å². The van der Waals surface area contributed by atoms with Gasteiger partial charge in [-0.1, -0.05) is 30.3 Å². The Labute approximate surface area is 128 Å². The van der Waals surface area contributed by atoms with E-state index in [1.807, 2.05) is 0 Å². The molecule has 0 heterocycles. The van der Waals surface area contributed by atoms with Gasteiger partial charge in [0.2, 0.25) is 0 Å². The van der Waals surface area contributed by atoms with Crippen LogP contribution < -0.4 is 10.1 Å². The smallest absolute Gasteiger partial charge is 0.333 e. The fraction of sp³-hybridized carbons (Fsp3) is 0.176. The third kappa shape index (κ3) is 3.09. The van der Waals surface area contributed by atoms with Crippen molar-refractivity contribution in [2.45, 2.75) is 12.5 Å². The molecule has 0 bridgehead atoms. The lowest BCUT2D eigenvalue weighted by Gasteiger charge is -2.26. The lowest BCUT2D eigenvalue weighted by atomic mass is 9.91. The Balaban J connectivity index is 2.27. The summed E-state index contributed by atoms with van der Waals surface area (Å²) in [6.45, 7) is 1.46. The minimum absolute atomic E-state index is 0.365. The molecule has 22 heavy (non-hydrogen) atoms. The quantitative estimate of drug-likeness (QED) is 0.889. The maximum absolute atomic E-state index is 12.3. The number of carbonyl (C=O) groups is 2. The van der Waals surface area contributed by atoms with E-state index in [-0.39, 0.29) is 0 Å². The molecule has 0 radical (unpaired) electrons. The average Bonchev–Trinajstić information content (AvgIpc) is 2.55. The van der Waals surface area contributed by atoms with E-state index in [1.54, 1.807) is 54.6 Å². The number of nitrogens with one attached hydrogen (secondary N) is 1. The van der Waals surface area contributed by atoms with Crippen LogP contribution >= 0.6 is 0 Å². The molecule has 0 fully saturated rings. The van der Waals surface area contributed by atoms with E-state index in [2.05, 4.69) is 5.32 Å². The van der Waals surface area contributed by atoms with E-state index in [9.17, 15) is 14.7 Å². The molecule has 1 unspecified atom stereocenters. The molecule has 0 aliphatic carbocycles. The van der Waals surface area contributed by atoms with Gasteiger partial charge in [-0.15, -0.1) is 0 Å². The van der Waals surface area contributed by atoms with Crippen molar-refractivity contribution in [1.82, 2.24) is 5.32 Å². The van der Waals surface area contributed by atoms with Gasteiger partial charge in [-0.25, -0.2) is 4.79 Å². The van der Waals surface area contributed by atoms with Gasteiger partial charge in [0.15, 0.2) is 5.54 Å². The average molecular weight is 299 g/mol. The first kappa shape index (κ1) is 15.6. The van der Waals surface area contributed by atoms with Crippen LogP contribution in [0.3, 0.4) is 0 Å². The Bertz CT molecular complexity index is 667. The predicted molar refractivity (Wildman–Crippen MR) is 81.9 cm³/mol. The SMILES string of the molecule is COc1ccc(C(=O)NC(C)(C(=O)O)c2ccccc2)cc1. The molecule has 0 saturated heterocycles. The fourth-order valence-corrected chi connectivity index (χ4v) is 2.06. The summed E-state index contributed by atoms with van der Waals surface area (Å²) in [5.74, 6) is -0.961. The summed E-state index contributed by atoms with van der Waals surface area (Å²) in [5.41, 5.74) is -0.633. The Morgan fingerprint density at radius 2 is 1.64 bits per heavy atom. The molecular formula is C17H17NO4. The zero-order valence-electron chi connectivity index (χ0n) is 12.4. The molecule has 0 aliphatic rings. The van der Waals surface area contributed by atoms with Crippen molar-refractivity contribution in [3.63, 3.8) is 0 Å². The van der Waals surface area contributed by atoms with Gasteiger partial charge in [0.05, 0.1) is 7.11 Å². The first-order valence-corrected chi connectivity index (χ1v) is 6.73. The number of benzene rings is 2. The monoisotopic (exact) mass is 299 g/mol. The van der Waals surface area contributed by atoms with Crippen LogP contribution in [-0.4, -0.2) is 24.1 Å². The van der Waals surface area contributed by atoms with E-state index in [0.717, 1.165) is 0 Å². The van der Waals surface area contributed by atoms with Crippen LogP contribution in [-0.2, 0) is 10.3 Å². The summed E-state index contributed by atoms with van der Waals surface area (Å²) >= 11 is 0. The van der Waals surface area contributed by atoms with Crippen LogP contribution in [0, 0.1) is 0 Å². The molecule has 2 N–H and O–H groups in total. The normalized spacial score (nSPS) is 13.0. The molecule has 114 valence electrons. The topological polar surface area (TPSA) is 75.6 Å². The van der Waals surface area contributed by atoms with Crippen LogP contribution in [0.2, 0.25) is 0 Å². The molecular weight excluding hydrogens is 282 g/mol. The van der Waals surface area contributed by atoms with Crippen LogP contribution in [0.25, 0.3) is 0 Å². The van der Waals surface area contributed by atoms with Crippen molar-refractivity contribution in [3.8, 4) is 5.75 Å². The number of aliphatic carboxylic acids is 1. The molecule has 2 aromatic rings. The van der Waals surface area contributed by atoms with E-state index in [1.165, 1.54) is 14.0 Å². The maximum atomic E-state index is 12.3. The predicted octanol–water partition coefficient (Wildman–Crippen LogP) is 2.43. The second-order valence-corrected chi connectivity index (χ2v) is 4.98. The van der Waals surface area contributed by atoms with Crippen LogP contribution in [0.4, 0.5) is 0 Å². The molecule has 5 heteroatoms. The standard InChI is InChI=1S/C17H17NO4/c1-17(16(20)21,13-6-4-3-5-7-13)18-15(19)12-8-10-14(22-2)11-9-12/h3-11H,1-2H3,(H,18,19)(H,20,21). The molecule has 0 aliphatic heterocycles. The van der Waals surface area contributed by atoms with Crippen LogP contribution in [0.15, 0.2) is 54.6 Å². The molecule has 5 nitrogen and oxygen atoms in total. The second-order valence-electron chi connectivity index (χ2n) is 4.98. The lowest BCUT2D eigenvalue weighted by molar-refractivity contribution is -0.144. The summed E-state index contributed by atoms with van der Waals surface area (Å²) in [6.07, 6.45) is 0. The van der Waals surface area contributed by atoms with E-state index in [0.29, 0.717) is 16.9 Å². The fourth-order valence-electron chi connectivity index (χ4n) is 2.06. The number of carbonyl (C=O) groups excluding carboxylic acids is 1. The van der Waals surface area contributed by atoms with Crippen molar-refractivity contribution in [2.75, 3.05) is 7.11 Å². The summed E-state index contributed by atoms with van der Waals surface area (Å²) in [6, 6.07) is 15.1. The summed E-state index contributed by atoms with van der Waals surface area (Å²) < 4.78 is 5.03. The van der Waals surface area contributed by atoms with Gasteiger partial charge in [-0.3, -0.25) is 4.79 Å². The minimum atomic E-state index is -1.50. The number of ether oxygens (including phenoxy) is 1. The highest BCUT2D eigenvalue weighted by Gasteiger charge is 2.36. The van der Waals surface area contributed by atoms with Crippen molar-refractivity contribution < 1.29 is 19.4 Å². The number of methoxy groups -OCH3 is 1. The van der Waals surface area contributed by atoms with Crippen molar-refractivity contribution in [1.29, 1.82) is 0 Å². The van der Waals surface area contributed by atoms with Gasteiger partial charge in [0, 0.05) is 5.56 Å². The molecule has 2 rings (SSSR count). The molecule has 2 aromatic carbocycles. The number of hydrogen-bond acceptors (Lipinski definition) is 3. The molecule has 0 saturated carbocycles. The highest BCUT2D eigenvalue weighted by molar-refractivity contribution is 5.98. The highest BCUT2D eigenvalue weighted by atomic mass is 16.5. The van der Waals surface area contributed by atoms with Crippen molar-refractivity contribution >= 4 is 11.9 Å². The number of carboxylic acids is 1.